The fourth-order valence-corrected chi connectivity index (χ4v) is 14.5. The molecule has 0 aliphatic carbocycles. The number of pyridine rings is 3. The summed E-state index contributed by atoms with van der Waals surface area (Å²) in [4.78, 5) is 73.1. The van der Waals surface area contributed by atoms with Crippen LogP contribution in [0.25, 0.3) is 56.1 Å². The molecule has 0 atom stereocenters. The van der Waals surface area contributed by atoms with Gasteiger partial charge in [-0.25, -0.2) is 39.3 Å². The highest BCUT2D eigenvalue weighted by Crippen LogP contribution is 2.40. The van der Waals surface area contributed by atoms with E-state index in [1.807, 2.05) is 102 Å². The van der Waals surface area contributed by atoms with E-state index in [1.54, 1.807) is 12.1 Å². The number of anilines is 6. The number of thiazole rings is 2. The molecule has 0 radical (unpaired) electrons. The van der Waals surface area contributed by atoms with Crippen LogP contribution in [-0.2, 0) is 31.9 Å². The molecule has 94 heavy (non-hydrogen) atoms. The summed E-state index contributed by atoms with van der Waals surface area (Å²) in [5.41, 5.74) is 11.3. The Bertz CT molecular complexity index is 4150. The van der Waals surface area contributed by atoms with Gasteiger partial charge in [0.2, 0.25) is 17.8 Å². The minimum absolute atomic E-state index is 0.0518. The molecule has 8 aromatic heterocycles. The Morgan fingerprint density at radius 1 is 0.543 bits per heavy atom. The zero-order valence-corrected chi connectivity index (χ0v) is 54.9. The number of carbonyl (C=O) groups excluding carboxylic acids is 2. The van der Waals surface area contributed by atoms with Crippen LogP contribution in [0.2, 0.25) is 0 Å². The van der Waals surface area contributed by atoms with Crippen LogP contribution in [0.15, 0.2) is 116 Å². The summed E-state index contributed by atoms with van der Waals surface area (Å²) in [5, 5.41) is 21.2. The zero-order chi connectivity index (χ0) is 65.0. The largest absolute Gasteiger partial charge is 0.378 e. The predicted molar refractivity (Wildman–Crippen MR) is 363 cm³/mol. The number of rotatable bonds is 14. The van der Waals surface area contributed by atoms with Gasteiger partial charge in [-0.05, 0) is 106 Å². The third-order valence-electron chi connectivity index (χ3n) is 18.1. The molecular formula is C70H72FN17O4S2. The fraction of sp³-hybridized carbons (Fsp3) is 0.357. The molecule has 2 aromatic carbocycles. The van der Waals surface area contributed by atoms with Crippen molar-refractivity contribution in [2.24, 2.45) is 11.8 Å². The normalized spacial score (nSPS) is 15.6. The molecule has 0 N–H and O–H groups in total. The first-order valence-electron chi connectivity index (χ1n) is 32.0. The van der Waals surface area contributed by atoms with Crippen molar-refractivity contribution in [1.82, 2.24) is 53.5 Å². The Balaban J connectivity index is 0.000000171. The second-order valence-corrected chi connectivity index (χ2v) is 25.9. The van der Waals surface area contributed by atoms with Gasteiger partial charge in [0.25, 0.3) is 0 Å². The highest BCUT2D eigenvalue weighted by molar-refractivity contribution is 7.17. The number of fused-ring (bicyclic) bond motifs is 2. The number of aryl methyl sites for hydroxylation is 3. The van der Waals surface area contributed by atoms with E-state index in [0.717, 1.165) is 137 Å². The quantitative estimate of drug-likeness (QED) is 0.0988. The molecule has 2 amide bonds. The maximum atomic E-state index is 13.6. The van der Waals surface area contributed by atoms with Crippen molar-refractivity contribution in [3.8, 4) is 56.9 Å². The Kier molecular flexibility index (Phi) is 18.7. The molecule has 0 bridgehead atoms. The molecule has 4 fully saturated rings. The molecule has 4 aliphatic rings. The number of morpholine rings is 2. The number of nitriles is 2. The SMILES string of the molecule is CCc1nc2ccc(-c3ccc(N4CCC(C(=O)N5CCOCC5)CC4)nc3)cn2c1N(C)c1nc(-c2ccc(F)cc2)c(C#N)s1.CCc1nc2ccc(-c3cnc(N4CCC(C(=O)N5CCOCC5)CC4)nc3)cn2c1N(C)c1nc(-c2ccc(C)cc2)c(C#N)s1. The van der Waals surface area contributed by atoms with Crippen LogP contribution >= 0.6 is 22.7 Å². The summed E-state index contributed by atoms with van der Waals surface area (Å²) >= 11 is 2.67. The standard InChI is InChI=1S/C35H35FN8O2S.C35H37N9O2S/c1-3-28-33(41(2)35-40-32(29(20-37)47-35)23-4-8-27(36)9-5-23)44-22-26(7-11-31(44)39-28)25-6-10-30(38-21-25)42-14-12-24(13-15-42)34(45)43-16-18-46-19-17-43;1-4-28-32(41(3)35-40-31(29(19-36)47-35)24-7-5-23(2)6-8-24)44-22-26(9-10-30(44)39-28)27-20-37-34(38-21-27)43-13-11-25(12-14-43)33(45)42-15-17-46-18-16-42/h4-11,21-22,24H,3,12-19H2,1-2H3;5-10,20-22,25H,4,11-18H2,1-3H3. The summed E-state index contributed by atoms with van der Waals surface area (Å²) < 4.78 is 28.5. The lowest BCUT2D eigenvalue weighted by atomic mass is 9.95. The van der Waals surface area contributed by atoms with Crippen LogP contribution < -0.4 is 19.6 Å². The number of imidazole rings is 2. The van der Waals surface area contributed by atoms with Crippen LogP contribution in [0.1, 0.15) is 66.2 Å². The Morgan fingerprint density at radius 3 is 1.41 bits per heavy atom. The van der Waals surface area contributed by atoms with Crippen molar-refractivity contribution < 1.29 is 23.5 Å². The predicted octanol–water partition coefficient (Wildman–Crippen LogP) is 11.4. The molecular weight excluding hydrogens is 1230 g/mol. The molecule has 14 rings (SSSR count). The van der Waals surface area contributed by atoms with Crippen LogP contribution in [0, 0.1) is 47.2 Å². The number of ether oxygens (including phenoxy) is 2. The Hall–Kier alpha value is -9.72. The van der Waals surface area contributed by atoms with Crippen LogP contribution in [-0.4, -0.2) is 158 Å². The zero-order valence-electron chi connectivity index (χ0n) is 53.3. The van der Waals surface area contributed by atoms with Crippen LogP contribution in [0.4, 0.5) is 38.1 Å². The van der Waals surface area contributed by atoms with Gasteiger partial charge >= 0.3 is 0 Å². The second kappa shape index (κ2) is 27.9. The number of halogens is 1. The van der Waals surface area contributed by atoms with Gasteiger partial charge in [0.15, 0.2) is 10.3 Å². The molecule has 12 heterocycles. The molecule has 24 heteroatoms. The molecule has 0 saturated carbocycles. The molecule has 0 unspecified atom stereocenters. The highest BCUT2D eigenvalue weighted by atomic mass is 32.1. The first-order valence-corrected chi connectivity index (χ1v) is 33.7. The number of carbonyl (C=O) groups is 2. The number of hydrogen-bond donors (Lipinski definition) is 0. The number of hydrogen-bond acceptors (Lipinski definition) is 19. The van der Waals surface area contributed by atoms with Crippen molar-refractivity contribution in [3.63, 3.8) is 0 Å². The number of nitrogens with zero attached hydrogens (tertiary/aromatic N) is 17. The van der Waals surface area contributed by atoms with E-state index in [1.165, 1.54) is 34.8 Å². The van der Waals surface area contributed by atoms with Crippen molar-refractivity contribution in [2.75, 3.05) is 112 Å². The maximum absolute atomic E-state index is 13.6. The van der Waals surface area contributed by atoms with E-state index < -0.39 is 0 Å². The smallest absolute Gasteiger partial charge is 0.225 e. The summed E-state index contributed by atoms with van der Waals surface area (Å²) in [7, 11) is 3.90. The van der Waals surface area contributed by atoms with E-state index in [4.69, 9.17) is 44.4 Å². The minimum Gasteiger partial charge on any atom is -0.378 e. The number of benzene rings is 2. The van der Waals surface area contributed by atoms with Gasteiger partial charge in [-0.15, -0.1) is 0 Å². The van der Waals surface area contributed by atoms with E-state index in [2.05, 4.69) is 75.2 Å². The lowest BCUT2D eigenvalue weighted by Gasteiger charge is -2.36. The van der Waals surface area contributed by atoms with Crippen molar-refractivity contribution in [3.05, 3.63) is 148 Å². The maximum Gasteiger partial charge on any atom is 0.225 e. The lowest BCUT2D eigenvalue weighted by Crippen LogP contribution is -2.47. The first-order chi connectivity index (χ1) is 45.9. The second-order valence-electron chi connectivity index (χ2n) is 23.9. The van der Waals surface area contributed by atoms with Gasteiger partial charge in [-0.3, -0.25) is 18.4 Å². The van der Waals surface area contributed by atoms with Gasteiger partial charge in [-0.2, -0.15) is 10.5 Å². The van der Waals surface area contributed by atoms with Gasteiger partial charge in [0, 0.05) is 143 Å². The third kappa shape index (κ3) is 13.0. The number of amides is 2. The first kappa shape index (κ1) is 63.1. The monoisotopic (exact) mass is 1300 g/mol. The fourth-order valence-electron chi connectivity index (χ4n) is 12.8. The topological polar surface area (TPSA) is 219 Å². The summed E-state index contributed by atoms with van der Waals surface area (Å²) in [6.07, 6.45) is 14.5. The van der Waals surface area contributed by atoms with E-state index in [-0.39, 0.29) is 29.5 Å². The summed E-state index contributed by atoms with van der Waals surface area (Å²) in [5.74, 6) is 3.67. The van der Waals surface area contributed by atoms with Gasteiger partial charge in [-0.1, -0.05) is 66.3 Å². The summed E-state index contributed by atoms with van der Waals surface area (Å²) in [6, 6.07) is 31.0. The van der Waals surface area contributed by atoms with E-state index in [9.17, 15) is 24.5 Å². The van der Waals surface area contributed by atoms with Gasteiger partial charge < -0.3 is 38.9 Å². The molecule has 4 saturated heterocycles. The summed E-state index contributed by atoms with van der Waals surface area (Å²) in [6.45, 7) is 14.6. The highest BCUT2D eigenvalue weighted by Gasteiger charge is 2.33. The number of piperidine rings is 2. The third-order valence-corrected chi connectivity index (χ3v) is 20.1. The average molecular weight is 1300 g/mol. The van der Waals surface area contributed by atoms with Gasteiger partial charge in [0.1, 0.15) is 67.8 Å². The number of aromatic nitrogens is 9. The van der Waals surface area contributed by atoms with Crippen LogP contribution in [0.3, 0.4) is 0 Å². The molecule has 480 valence electrons. The molecule has 21 nitrogen and oxygen atoms in total. The molecule has 0 spiro atoms. The van der Waals surface area contributed by atoms with E-state index in [0.29, 0.717) is 96.8 Å². The Morgan fingerprint density at radius 2 is 0.968 bits per heavy atom. The van der Waals surface area contributed by atoms with Crippen molar-refractivity contribution in [1.29, 1.82) is 10.5 Å². The minimum atomic E-state index is -0.337. The Labute approximate surface area is 553 Å². The van der Waals surface area contributed by atoms with Crippen LogP contribution in [0.5, 0.6) is 0 Å². The van der Waals surface area contributed by atoms with E-state index >= 15 is 0 Å². The molecule has 10 aromatic rings. The average Bonchev–Trinajstić information content (AvgIpc) is 1.62. The van der Waals surface area contributed by atoms with Crippen molar-refractivity contribution in [2.45, 2.75) is 59.3 Å². The van der Waals surface area contributed by atoms with Gasteiger partial charge in [0.05, 0.1) is 37.8 Å². The molecule has 4 aliphatic heterocycles. The van der Waals surface area contributed by atoms with Crippen molar-refractivity contribution >= 4 is 79.4 Å². The lowest BCUT2D eigenvalue weighted by molar-refractivity contribution is -0.141.